The van der Waals surface area contributed by atoms with Crippen molar-refractivity contribution in [3.05, 3.63) is 0 Å². The second kappa shape index (κ2) is 6.85. The molecule has 0 aliphatic rings. The standard InChI is InChI=1S/K.2H2O4S/c;2*1-5(2,3)4/h;2*(H2,1,2,3,4)/q+1;;/p-4. The first kappa shape index (κ1) is 18.2. The van der Waals surface area contributed by atoms with Crippen LogP contribution in [-0.2, 0) is 20.8 Å². The summed E-state index contributed by atoms with van der Waals surface area (Å²) in [4.78, 5) is 0. The second-order valence-corrected chi connectivity index (χ2v) is 2.45. The number of hydrogen-bond donors (Lipinski definition) is 0. The molecule has 0 spiro atoms. The zero-order chi connectivity index (χ0) is 9.00. The van der Waals surface area contributed by atoms with Crippen molar-refractivity contribution in [2.45, 2.75) is 0 Å². The van der Waals surface area contributed by atoms with Gasteiger partial charge < -0.3 is 18.2 Å². The van der Waals surface area contributed by atoms with Crippen LogP contribution in [0.15, 0.2) is 0 Å². The average Bonchev–Trinajstić information content (AvgIpc) is 1.12. The molecule has 0 saturated heterocycles. The summed E-state index contributed by atoms with van der Waals surface area (Å²) in [6, 6.07) is 0. The number of rotatable bonds is 0. The predicted octanol–water partition coefficient (Wildman–Crippen LogP) is -5.67. The SMILES string of the molecule is O=S(=O)([O-])[O-].O=S(=O)([O-])[O-].[K+]. The molecule has 0 heterocycles. The quantitative estimate of drug-likeness (QED) is 0.226. The Morgan fingerprint density at radius 2 is 0.636 bits per heavy atom. The van der Waals surface area contributed by atoms with Crippen molar-refractivity contribution in [3.8, 4) is 0 Å². The largest absolute Gasteiger partial charge is 1.00 e. The van der Waals surface area contributed by atoms with Crippen LogP contribution in [0.5, 0.6) is 0 Å². The van der Waals surface area contributed by atoms with Crippen LogP contribution >= 0.6 is 0 Å². The van der Waals surface area contributed by atoms with Crippen molar-refractivity contribution in [2.75, 3.05) is 0 Å². The van der Waals surface area contributed by atoms with Crippen LogP contribution < -0.4 is 51.4 Å². The minimum absolute atomic E-state index is 0. The van der Waals surface area contributed by atoms with Crippen molar-refractivity contribution >= 4 is 20.8 Å². The molecule has 8 nitrogen and oxygen atoms in total. The van der Waals surface area contributed by atoms with Crippen molar-refractivity contribution in [1.29, 1.82) is 0 Å². The van der Waals surface area contributed by atoms with E-state index in [1.165, 1.54) is 0 Å². The monoisotopic (exact) mass is 231 g/mol. The van der Waals surface area contributed by atoms with E-state index in [0.29, 0.717) is 0 Å². The summed E-state index contributed by atoms with van der Waals surface area (Å²) in [5.41, 5.74) is 0. The van der Waals surface area contributed by atoms with E-state index in [4.69, 9.17) is 35.0 Å². The average molecular weight is 231 g/mol. The van der Waals surface area contributed by atoms with Crippen LogP contribution in [0.25, 0.3) is 0 Å². The van der Waals surface area contributed by atoms with E-state index in [9.17, 15) is 0 Å². The summed E-state index contributed by atoms with van der Waals surface area (Å²) in [5, 5.41) is 0. The molecular weight excluding hydrogens is 231 g/mol. The molecule has 64 valence electrons. The molecule has 0 aliphatic heterocycles. The summed E-state index contributed by atoms with van der Waals surface area (Å²) in [5.74, 6) is 0. The fourth-order valence-electron chi connectivity index (χ4n) is 0. The Hall–Kier alpha value is 1.38. The molecular formula is KO8S2-3. The van der Waals surface area contributed by atoms with Gasteiger partial charge in [0, 0.05) is 20.8 Å². The van der Waals surface area contributed by atoms with E-state index in [1.54, 1.807) is 0 Å². The van der Waals surface area contributed by atoms with Crippen molar-refractivity contribution < 1.29 is 86.4 Å². The van der Waals surface area contributed by atoms with Gasteiger partial charge >= 0.3 is 51.4 Å². The van der Waals surface area contributed by atoms with E-state index in [1.807, 2.05) is 0 Å². The van der Waals surface area contributed by atoms with E-state index in [-0.39, 0.29) is 51.4 Å². The third kappa shape index (κ3) is 528. The van der Waals surface area contributed by atoms with Gasteiger partial charge in [0.15, 0.2) is 0 Å². The van der Waals surface area contributed by atoms with Crippen LogP contribution in [0.1, 0.15) is 0 Å². The van der Waals surface area contributed by atoms with Crippen LogP contribution in [-0.4, -0.2) is 35.0 Å². The topological polar surface area (TPSA) is 161 Å². The van der Waals surface area contributed by atoms with Crippen LogP contribution in [0.2, 0.25) is 0 Å². The first-order valence-corrected chi connectivity index (χ1v) is 4.00. The molecule has 0 unspecified atom stereocenters. The Labute approximate surface area is 106 Å². The molecule has 0 aromatic rings. The van der Waals surface area contributed by atoms with Gasteiger partial charge in [-0.2, -0.15) is 0 Å². The van der Waals surface area contributed by atoms with Gasteiger partial charge in [-0.1, -0.05) is 0 Å². The van der Waals surface area contributed by atoms with E-state index in [2.05, 4.69) is 0 Å². The fourth-order valence-corrected chi connectivity index (χ4v) is 0. The molecule has 0 radical (unpaired) electrons. The summed E-state index contributed by atoms with van der Waals surface area (Å²) in [7, 11) is -10.3. The van der Waals surface area contributed by atoms with Gasteiger partial charge in [-0.3, -0.25) is 16.8 Å². The Morgan fingerprint density at radius 3 is 0.636 bits per heavy atom. The molecule has 11 heteroatoms. The van der Waals surface area contributed by atoms with Crippen LogP contribution in [0.4, 0.5) is 0 Å². The van der Waals surface area contributed by atoms with E-state index in [0.717, 1.165) is 0 Å². The minimum Gasteiger partial charge on any atom is -0.759 e. The zero-order valence-corrected chi connectivity index (χ0v) is 9.84. The van der Waals surface area contributed by atoms with Crippen LogP contribution in [0.3, 0.4) is 0 Å². The first-order chi connectivity index (χ1) is 4.00. The maximum atomic E-state index is 8.52. The van der Waals surface area contributed by atoms with Crippen molar-refractivity contribution in [1.82, 2.24) is 0 Å². The minimum atomic E-state index is -5.17. The maximum absolute atomic E-state index is 8.52. The molecule has 0 aromatic heterocycles. The smallest absolute Gasteiger partial charge is 0.759 e. The second-order valence-electron chi connectivity index (χ2n) is 0.816. The maximum Gasteiger partial charge on any atom is 1.00 e. The van der Waals surface area contributed by atoms with Gasteiger partial charge in [-0.05, 0) is 0 Å². The van der Waals surface area contributed by atoms with E-state index < -0.39 is 20.8 Å². The molecule has 0 fully saturated rings. The molecule has 11 heavy (non-hydrogen) atoms. The Bertz CT molecular complexity index is 208. The Kier molecular flexibility index (Phi) is 11.3. The summed E-state index contributed by atoms with van der Waals surface area (Å²) in [6.45, 7) is 0. The number of hydrogen-bond acceptors (Lipinski definition) is 8. The predicted molar refractivity (Wildman–Crippen MR) is 20.9 cm³/mol. The van der Waals surface area contributed by atoms with Crippen molar-refractivity contribution in [3.63, 3.8) is 0 Å². The van der Waals surface area contributed by atoms with Gasteiger partial charge in [0.05, 0.1) is 0 Å². The van der Waals surface area contributed by atoms with E-state index >= 15 is 0 Å². The Morgan fingerprint density at radius 1 is 0.636 bits per heavy atom. The third-order valence-corrected chi connectivity index (χ3v) is 0. The fraction of sp³-hybridized carbons (Fsp3) is 0. The molecule has 0 rings (SSSR count). The van der Waals surface area contributed by atoms with Crippen LogP contribution in [0, 0.1) is 0 Å². The summed E-state index contributed by atoms with van der Waals surface area (Å²) < 4.78 is 68.2. The zero-order valence-electron chi connectivity index (χ0n) is 5.08. The molecule has 0 aliphatic carbocycles. The van der Waals surface area contributed by atoms with Gasteiger partial charge in [0.25, 0.3) is 0 Å². The molecule has 0 N–H and O–H groups in total. The Balaban J connectivity index is -0.000000107. The van der Waals surface area contributed by atoms with Gasteiger partial charge in [0.1, 0.15) is 0 Å². The normalized spacial score (nSPS) is 10.5. The molecule has 0 atom stereocenters. The van der Waals surface area contributed by atoms with Gasteiger partial charge in [-0.25, -0.2) is 0 Å². The summed E-state index contributed by atoms with van der Waals surface area (Å²) in [6.07, 6.45) is 0. The third-order valence-electron chi connectivity index (χ3n) is 0. The van der Waals surface area contributed by atoms with Gasteiger partial charge in [0.2, 0.25) is 0 Å². The van der Waals surface area contributed by atoms with Gasteiger partial charge in [-0.15, -0.1) is 0 Å². The summed E-state index contributed by atoms with van der Waals surface area (Å²) >= 11 is 0. The van der Waals surface area contributed by atoms with Crippen molar-refractivity contribution in [2.24, 2.45) is 0 Å². The molecule has 0 saturated carbocycles. The molecule has 0 amide bonds. The molecule has 0 aromatic carbocycles. The molecule has 0 bridgehead atoms. The first-order valence-electron chi connectivity index (χ1n) is 1.33.